The lowest BCUT2D eigenvalue weighted by atomic mass is 9.98. The van der Waals surface area contributed by atoms with E-state index in [1.165, 1.54) is 4.90 Å². The highest BCUT2D eigenvalue weighted by molar-refractivity contribution is 5.87. The number of hydrogen-bond acceptors (Lipinski definition) is 10. The number of anilines is 1. The first-order valence-electron chi connectivity index (χ1n) is 10.8. The summed E-state index contributed by atoms with van der Waals surface area (Å²) in [6.07, 6.45) is 1.89. The summed E-state index contributed by atoms with van der Waals surface area (Å²) in [7, 11) is 1.64. The summed E-state index contributed by atoms with van der Waals surface area (Å²) in [5, 5.41) is 21.9. The molecule has 0 radical (unpaired) electrons. The minimum atomic E-state index is -1.70. The number of aryl methyl sites for hydroxylation is 1. The number of carbonyl (C=O) groups is 1. The molecule has 4 aromatic heterocycles. The van der Waals surface area contributed by atoms with Gasteiger partial charge in [-0.2, -0.15) is 0 Å². The van der Waals surface area contributed by atoms with E-state index >= 15 is 0 Å². The van der Waals surface area contributed by atoms with E-state index in [0.29, 0.717) is 41.0 Å². The molecule has 1 amide bonds. The zero-order valence-electron chi connectivity index (χ0n) is 18.9. The van der Waals surface area contributed by atoms with Gasteiger partial charge >= 0.3 is 0 Å². The van der Waals surface area contributed by atoms with Crippen LogP contribution in [0, 0.1) is 6.92 Å². The van der Waals surface area contributed by atoms with Crippen molar-refractivity contribution >= 4 is 11.9 Å². The van der Waals surface area contributed by atoms with E-state index in [9.17, 15) is 9.90 Å². The van der Waals surface area contributed by atoms with Gasteiger partial charge in [-0.25, -0.2) is 15.0 Å². The molecule has 0 bridgehead atoms. The minimum Gasteiger partial charge on any atom is -0.373 e. The third kappa shape index (κ3) is 3.90. The summed E-state index contributed by atoms with van der Waals surface area (Å²) in [6, 6.07) is 10.4. The van der Waals surface area contributed by atoms with Crippen LogP contribution in [0.5, 0.6) is 0 Å². The van der Waals surface area contributed by atoms with E-state index in [0.717, 1.165) is 5.69 Å². The second kappa shape index (κ2) is 8.34. The first kappa shape index (κ1) is 21.7. The van der Waals surface area contributed by atoms with Gasteiger partial charge in [-0.05, 0) is 32.0 Å². The molecule has 2 N–H and O–H groups in total. The second-order valence-electron chi connectivity index (χ2n) is 8.32. The topological polar surface area (TPSA) is 143 Å². The van der Waals surface area contributed by atoms with Crippen LogP contribution in [0.25, 0.3) is 22.8 Å². The largest absolute Gasteiger partial charge is 0.373 e. The SMILES string of the molecule is Cc1cc(C(C)Nc2nccc(-c3cccc(-c4cc(C5(O)CCN(C)C5=O)on4)n3)n2)on1. The van der Waals surface area contributed by atoms with Crippen molar-refractivity contribution in [1.29, 1.82) is 0 Å². The number of nitrogens with one attached hydrogen (secondary N) is 1. The molecule has 2 unspecified atom stereocenters. The summed E-state index contributed by atoms with van der Waals surface area (Å²) >= 11 is 0. The van der Waals surface area contributed by atoms with E-state index in [1.807, 2.05) is 32.0 Å². The number of amides is 1. The van der Waals surface area contributed by atoms with Gasteiger partial charge in [-0.3, -0.25) is 4.79 Å². The zero-order chi connectivity index (χ0) is 23.9. The van der Waals surface area contributed by atoms with Crippen LogP contribution >= 0.6 is 0 Å². The van der Waals surface area contributed by atoms with Crippen LogP contribution in [0.1, 0.15) is 36.6 Å². The van der Waals surface area contributed by atoms with Crippen LogP contribution in [0.15, 0.2) is 51.6 Å². The van der Waals surface area contributed by atoms with Crippen molar-refractivity contribution in [2.75, 3.05) is 18.9 Å². The quantitative estimate of drug-likeness (QED) is 0.440. The highest BCUT2D eigenvalue weighted by Gasteiger charge is 2.48. The monoisotopic (exact) mass is 461 g/mol. The molecule has 174 valence electrons. The van der Waals surface area contributed by atoms with Crippen LogP contribution in [-0.4, -0.2) is 54.8 Å². The number of hydrogen-bond donors (Lipinski definition) is 2. The van der Waals surface area contributed by atoms with Crippen LogP contribution in [-0.2, 0) is 10.4 Å². The molecule has 0 spiro atoms. The first-order chi connectivity index (χ1) is 16.3. The smallest absolute Gasteiger partial charge is 0.262 e. The van der Waals surface area contributed by atoms with Gasteiger partial charge < -0.3 is 24.4 Å². The molecule has 4 aromatic rings. The van der Waals surface area contributed by atoms with Crippen LogP contribution in [0.2, 0.25) is 0 Å². The molecule has 0 aromatic carbocycles. The Kier molecular flexibility index (Phi) is 5.33. The van der Waals surface area contributed by atoms with Gasteiger partial charge in [0.05, 0.1) is 28.8 Å². The predicted molar refractivity (Wildman–Crippen MR) is 120 cm³/mol. The Balaban J connectivity index is 1.38. The molecular formula is C23H23N7O4. The summed E-state index contributed by atoms with van der Waals surface area (Å²) in [4.78, 5) is 27.3. The molecule has 11 heteroatoms. The number of rotatable bonds is 6. The molecule has 5 rings (SSSR count). The van der Waals surface area contributed by atoms with Gasteiger partial charge in [0.1, 0.15) is 5.69 Å². The third-order valence-corrected chi connectivity index (χ3v) is 5.78. The molecular weight excluding hydrogens is 438 g/mol. The maximum Gasteiger partial charge on any atom is 0.262 e. The summed E-state index contributed by atoms with van der Waals surface area (Å²) < 4.78 is 10.6. The van der Waals surface area contributed by atoms with E-state index in [1.54, 1.807) is 31.4 Å². The van der Waals surface area contributed by atoms with Crippen molar-refractivity contribution in [3.05, 3.63) is 59.8 Å². The number of pyridine rings is 1. The molecule has 1 saturated heterocycles. The Morgan fingerprint density at radius 1 is 1.09 bits per heavy atom. The van der Waals surface area contributed by atoms with Gasteiger partial charge in [0, 0.05) is 38.3 Å². The Hall–Kier alpha value is -4.12. The molecule has 2 atom stereocenters. The summed E-state index contributed by atoms with van der Waals surface area (Å²) in [5.41, 5.74) is 1.24. The zero-order valence-corrected chi connectivity index (χ0v) is 18.9. The molecule has 34 heavy (non-hydrogen) atoms. The van der Waals surface area contributed by atoms with Crippen molar-refractivity contribution in [3.8, 4) is 22.8 Å². The Labute approximate surface area is 194 Å². The maximum atomic E-state index is 12.4. The fourth-order valence-electron chi connectivity index (χ4n) is 3.82. The van der Waals surface area contributed by atoms with Crippen molar-refractivity contribution in [3.63, 3.8) is 0 Å². The Morgan fingerprint density at radius 2 is 1.85 bits per heavy atom. The van der Waals surface area contributed by atoms with Crippen molar-refractivity contribution in [2.24, 2.45) is 0 Å². The lowest BCUT2D eigenvalue weighted by Crippen LogP contribution is -2.35. The standard InChI is InChI=1S/C23H23N7O4/c1-13-11-19(33-28-13)14(2)25-22-24-9-7-17(27-22)15-5-4-6-16(26-15)18-12-20(34-29-18)23(32)8-10-30(3)21(23)31/h4-7,9,11-12,14,32H,8,10H2,1-3H3,(H,24,25,27). The van der Waals surface area contributed by atoms with Crippen molar-refractivity contribution < 1.29 is 18.9 Å². The van der Waals surface area contributed by atoms with E-state index in [2.05, 4.69) is 30.6 Å². The fourth-order valence-corrected chi connectivity index (χ4v) is 3.82. The van der Waals surface area contributed by atoms with Crippen molar-refractivity contribution in [1.82, 2.24) is 30.2 Å². The maximum absolute atomic E-state index is 12.4. The van der Waals surface area contributed by atoms with Gasteiger partial charge in [0.15, 0.2) is 11.5 Å². The number of nitrogens with zero attached hydrogens (tertiary/aromatic N) is 6. The van der Waals surface area contributed by atoms with Crippen LogP contribution in [0.4, 0.5) is 5.95 Å². The van der Waals surface area contributed by atoms with Crippen LogP contribution < -0.4 is 5.32 Å². The van der Waals surface area contributed by atoms with Gasteiger partial charge in [0.2, 0.25) is 11.5 Å². The number of likely N-dealkylation sites (N-methyl/N-ethyl adjacent to an activating group) is 1. The molecule has 1 fully saturated rings. The second-order valence-corrected chi connectivity index (χ2v) is 8.32. The number of aromatic nitrogens is 5. The normalized spacial score (nSPS) is 18.9. The average Bonchev–Trinajstić information content (AvgIpc) is 3.57. The molecule has 0 saturated carbocycles. The molecule has 5 heterocycles. The van der Waals surface area contributed by atoms with E-state index in [4.69, 9.17) is 9.05 Å². The summed E-state index contributed by atoms with van der Waals surface area (Å²) in [5.74, 6) is 0.796. The van der Waals surface area contributed by atoms with Crippen molar-refractivity contribution in [2.45, 2.75) is 31.9 Å². The fraction of sp³-hybridized carbons (Fsp3) is 0.304. The highest BCUT2D eigenvalue weighted by Crippen LogP contribution is 2.34. The third-order valence-electron chi connectivity index (χ3n) is 5.78. The van der Waals surface area contributed by atoms with Crippen LogP contribution in [0.3, 0.4) is 0 Å². The predicted octanol–water partition coefficient (Wildman–Crippen LogP) is 2.71. The molecule has 11 nitrogen and oxygen atoms in total. The highest BCUT2D eigenvalue weighted by atomic mass is 16.5. The van der Waals surface area contributed by atoms with E-state index < -0.39 is 11.5 Å². The Morgan fingerprint density at radius 3 is 2.56 bits per heavy atom. The first-order valence-corrected chi connectivity index (χ1v) is 10.8. The van der Waals surface area contributed by atoms with Gasteiger partial charge in [-0.1, -0.05) is 16.4 Å². The lowest BCUT2D eigenvalue weighted by molar-refractivity contribution is -0.144. The average molecular weight is 461 g/mol. The summed E-state index contributed by atoms with van der Waals surface area (Å²) in [6.45, 7) is 4.23. The molecule has 1 aliphatic heterocycles. The number of likely N-dealkylation sites (tertiary alicyclic amines) is 1. The lowest BCUT2D eigenvalue weighted by Gasteiger charge is -2.16. The van der Waals surface area contributed by atoms with Gasteiger partial charge in [0.25, 0.3) is 5.91 Å². The minimum absolute atomic E-state index is 0.106. The van der Waals surface area contributed by atoms with Gasteiger partial charge in [-0.15, -0.1) is 0 Å². The number of aliphatic hydroxyl groups is 1. The molecule has 1 aliphatic rings. The number of carbonyl (C=O) groups excluding carboxylic acids is 1. The molecule has 0 aliphatic carbocycles. The van der Waals surface area contributed by atoms with E-state index in [-0.39, 0.29) is 18.2 Å². The Bertz CT molecular complexity index is 1350.